The van der Waals surface area contributed by atoms with Crippen molar-refractivity contribution in [3.63, 3.8) is 0 Å². The van der Waals surface area contributed by atoms with Crippen LogP contribution in [0.1, 0.15) is 21.5 Å². The third-order valence-corrected chi connectivity index (χ3v) is 7.70. The molecule has 0 unspecified atom stereocenters. The van der Waals surface area contributed by atoms with E-state index in [4.69, 9.17) is 16.3 Å². The molecule has 0 aliphatic rings. The average molecular weight is 675 g/mol. The number of nitrogens with one attached hydrogen (secondary N) is 3. The van der Waals surface area contributed by atoms with Crippen LogP contribution >= 0.6 is 38.9 Å². The molecule has 0 spiro atoms. The average Bonchev–Trinajstić information content (AvgIpc) is 3.47. The molecule has 0 aliphatic heterocycles. The summed E-state index contributed by atoms with van der Waals surface area (Å²) in [6.07, 6.45) is 1.52. The van der Waals surface area contributed by atoms with Gasteiger partial charge in [-0.05, 0) is 95.1 Å². The van der Waals surface area contributed by atoms with Crippen LogP contribution in [0.5, 0.6) is 5.75 Å². The van der Waals surface area contributed by atoms with Crippen molar-refractivity contribution in [3.05, 3.63) is 123 Å². The number of rotatable bonds is 10. The Hall–Kier alpha value is -4.51. The van der Waals surface area contributed by atoms with Crippen molar-refractivity contribution in [1.82, 2.24) is 10.4 Å². The zero-order valence-corrected chi connectivity index (χ0v) is 26.0. The van der Waals surface area contributed by atoms with Crippen molar-refractivity contribution < 1.29 is 14.3 Å². The van der Waals surface area contributed by atoms with Gasteiger partial charge in [0.15, 0.2) is 11.7 Å². The number of thiazole rings is 1. The Morgan fingerprint density at radius 3 is 2.42 bits per heavy atom. The maximum absolute atomic E-state index is 12.6. The number of carbonyl (C=O) groups excluding carboxylic acids is 2. The lowest BCUT2D eigenvalue weighted by Gasteiger charge is -2.09. The van der Waals surface area contributed by atoms with E-state index in [0.717, 1.165) is 27.6 Å². The number of ether oxygens (including phenoxy) is 1. The Bertz CT molecular complexity index is 1760. The SMILES string of the molecule is Cc1ccc(Nc2nc(-c3ccc(C(=O)N/N=C/c4ccc(OCC(=O)Nc5ccc(Cl)cc5)c(Br)c4)cc3)cs2)cc1. The van der Waals surface area contributed by atoms with Crippen molar-refractivity contribution in [1.29, 1.82) is 0 Å². The smallest absolute Gasteiger partial charge is 0.271 e. The summed E-state index contributed by atoms with van der Waals surface area (Å²) in [6.45, 7) is 1.88. The molecule has 4 aromatic carbocycles. The minimum absolute atomic E-state index is 0.169. The molecule has 1 aromatic heterocycles. The molecule has 0 fully saturated rings. The summed E-state index contributed by atoms with van der Waals surface area (Å²) >= 11 is 10.8. The highest BCUT2D eigenvalue weighted by molar-refractivity contribution is 9.10. The van der Waals surface area contributed by atoms with Gasteiger partial charge in [-0.3, -0.25) is 9.59 Å². The highest BCUT2D eigenvalue weighted by atomic mass is 79.9. The fourth-order valence-corrected chi connectivity index (χ4v) is 5.21. The van der Waals surface area contributed by atoms with Crippen LogP contribution in [0.2, 0.25) is 5.02 Å². The summed E-state index contributed by atoms with van der Waals surface area (Å²) < 4.78 is 6.25. The zero-order valence-electron chi connectivity index (χ0n) is 22.8. The van der Waals surface area contributed by atoms with Gasteiger partial charge < -0.3 is 15.4 Å². The second-order valence-corrected chi connectivity index (χ2v) is 11.5. The Labute approximate surface area is 265 Å². The summed E-state index contributed by atoms with van der Waals surface area (Å²) in [4.78, 5) is 29.4. The second-order valence-electron chi connectivity index (χ2n) is 9.34. The Morgan fingerprint density at radius 1 is 0.977 bits per heavy atom. The summed E-state index contributed by atoms with van der Waals surface area (Å²) in [6, 6.07) is 27.4. The highest BCUT2D eigenvalue weighted by Gasteiger charge is 2.10. The Kier molecular flexibility index (Phi) is 9.83. The van der Waals surface area contributed by atoms with E-state index in [1.165, 1.54) is 23.1 Å². The van der Waals surface area contributed by atoms with Gasteiger partial charge in [-0.2, -0.15) is 5.10 Å². The van der Waals surface area contributed by atoms with E-state index in [-0.39, 0.29) is 18.4 Å². The number of hydrazone groups is 1. The molecular formula is C32H25BrClN5O3S. The van der Waals surface area contributed by atoms with Crippen LogP contribution in [0.25, 0.3) is 11.3 Å². The number of nitrogens with zero attached hydrogens (tertiary/aromatic N) is 2. The summed E-state index contributed by atoms with van der Waals surface area (Å²) in [7, 11) is 0. The molecule has 8 nitrogen and oxygen atoms in total. The number of hydrogen-bond acceptors (Lipinski definition) is 7. The first-order valence-corrected chi connectivity index (χ1v) is 15.1. The molecule has 0 aliphatic carbocycles. The predicted octanol–water partition coefficient (Wildman–Crippen LogP) is 8.06. The Morgan fingerprint density at radius 2 is 1.70 bits per heavy atom. The fourth-order valence-electron chi connectivity index (χ4n) is 3.83. The molecule has 0 atom stereocenters. The predicted molar refractivity (Wildman–Crippen MR) is 177 cm³/mol. The summed E-state index contributed by atoms with van der Waals surface area (Å²) in [5, 5.41) is 13.5. The van der Waals surface area contributed by atoms with E-state index in [1.54, 1.807) is 54.6 Å². The van der Waals surface area contributed by atoms with E-state index in [0.29, 0.717) is 26.5 Å². The van der Waals surface area contributed by atoms with Gasteiger partial charge in [0.2, 0.25) is 0 Å². The van der Waals surface area contributed by atoms with E-state index in [2.05, 4.69) is 42.1 Å². The van der Waals surface area contributed by atoms with Crippen LogP contribution in [-0.2, 0) is 4.79 Å². The van der Waals surface area contributed by atoms with Gasteiger partial charge in [0.25, 0.3) is 11.8 Å². The van der Waals surface area contributed by atoms with Crippen molar-refractivity contribution in [2.24, 2.45) is 5.10 Å². The normalized spacial score (nSPS) is 10.9. The number of halogens is 2. The van der Waals surface area contributed by atoms with Crippen LogP contribution in [0.4, 0.5) is 16.5 Å². The maximum Gasteiger partial charge on any atom is 0.271 e. The molecule has 1 heterocycles. The molecule has 0 saturated heterocycles. The third-order valence-electron chi connectivity index (χ3n) is 6.07. The first-order valence-electron chi connectivity index (χ1n) is 13.0. The first-order chi connectivity index (χ1) is 20.8. The zero-order chi connectivity index (χ0) is 30.2. The number of benzene rings is 4. The second kappa shape index (κ2) is 14.1. The number of anilines is 3. The number of amides is 2. The van der Waals surface area contributed by atoms with Gasteiger partial charge >= 0.3 is 0 Å². The van der Waals surface area contributed by atoms with Crippen LogP contribution in [0.15, 0.2) is 106 Å². The van der Waals surface area contributed by atoms with E-state index in [1.807, 2.05) is 48.7 Å². The molecule has 11 heteroatoms. The van der Waals surface area contributed by atoms with Crippen LogP contribution < -0.4 is 20.8 Å². The minimum atomic E-state index is -0.339. The Balaban J connectivity index is 1.10. The molecule has 3 N–H and O–H groups in total. The van der Waals surface area contributed by atoms with Crippen molar-refractivity contribution >= 4 is 73.4 Å². The topological polar surface area (TPSA) is 105 Å². The summed E-state index contributed by atoms with van der Waals surface area (Å²) in [5.41, 5.74) is 8.26. The molecular weight excluding hydrogens is 650 g/mol. The van der Waals surface area contributed by atoms with Gasteiger partial charge in [0, 0.05) is 32.9 Å². The molecule has 0 radical (unpaired) electrons. The first kappa shape index (κ1) is 30.0. The molecule has 0 bridgehead atoms. The van der Waals surface area contributed by atoms with Crippen LogP contribution in [-0.4, -0.2) is 29.6 Å². The van der Waals surface area contributed by atoms with Gasteiger partial charge in [-0.1, -0.05) is 41.4 Å². The van der Waals surface area contributed by atoms with Gasteiger partial charge in [-0.25, -0.2) is 10.4 Å². The van der Waals surface area contributed by atoms with Crippen molar-refractivity contribution in [2.45, 2.75) is 6.92 Å². The molecule has 5 aromatic rings. The lowest BCUT2D eigenvalue weighted by atomic mass is 10.1. The van der Waals surface area contributed by atoms with E-state index >= 15 is 0 Å². The minimum Gasteiger partial charge on any atom is -0.483 e. The van der Waals surface area contributed by atoms with Gasteiger partial charge in [0.1, 0.15) is 5.75 Å². The van der Waals surface area contributed by atoms with Gasteiger partial charge in [-0.15, -0.1) is 11.3 Å². The largest absolute Gasteiger partial charge is 0.483 e. The third kappa shape index (κ3) is 8.51. The number of carbonyl (C=O) groups is 2. The summed E-state index contributed by atoms with van der Waals surface area (Å²) in [5.74, 6) is -0.152. The van der Waals surface area contributed by atoms with E-state index in [9.17, 15) is 9.59 Å². The monoisotopic (exact) mass is 673 g/mol. The number of aryl methyl sites for hydroxylation is 1. The standard InChI is InChI=1S/C32H25BrClN5O3S/c1-20-2-11-26(12-3-20)37-32-38-28(19-43-32)22-5-7-23(8-6-22)31(41)39-35-17-21-4-15-29(27(33)16-21)42-18-30(40)36-25-13-9-24(34)10-14-25/h2-17,19H,18H2,1H3,(H,36,40)(H,37,38)(H,39,41)/b35-17+. The van der Waals surface area contributed by atoms with Crippen LogP contribution in [0.3, 0.4) is 0 Å². The molecule has 0 saturated carbocycles. The molecule has 5 rings (SSSR count). The van der Waals surface area contributed by atoms with Crippen molar-refractivity contribution in [3.8, 4) is 17.0 Å². The molecule has 216 valence electrons. The lowest BCUT2D eigenvalue weighted by molar-refractivity contribution is -0.118. The quantitative estimate of drug-likeness (QED) is 0.103. The van der Waals surface area contributed by atoms with Gasteiger partial charge in [0.05, 0.1) is 16.4 Å². The number of aromatic nitrogens is 1. The maximum atomic E-state index is 12.6. The number of hydrogen-bond donors (Lipinski definition) is 3. The van der Waals surface area contributed by atoms with Crippen LogP contribution in [0, 0.1) is 6.92 Å². The fraction of sp³-hybridized carbons (Fsp3) is 0.0625. The molecule has 2 amide bonds. The lowest BCUT2D eigenvalue weighted by Crippen LogP contribution is -2.20. The van der Waals surface area contributed by atoms with E-state index < -0.39 is 0 Å². The molecule has 43 heavy (non-hydrogen) atoms. The van der Waals surface area contributed by atoms with Crippen molar-refractivity contribution in [2.75, 3.05) is 17.2 Å². The highest BCUT2D eigenvalue weighted by Crippen LogP contribution is 2.28.